The number of benzene rings is 3. The Kier molecular flexibility index (Phi) is 6.50. The van der Waals surface area contributed by atoms with Gasteiger partial charge in [-0.05, 0) is 60.9 Å². The largest absolute Gasteiger partial charge is 0.497 e. The number of aryl methyl sites for hydroxylation is 1. The minimum absolute atomic E-state index is 0.0220. The Morgan fingerprint density at radius 1 is 0.909 bits per heavy atom. The van der Waals surface area contributed by atoms with Crippen LogP contribution in [0.2, 0.25) is 0 Å². The van der Waals surface area contributed by atoms with Crippen LogP contribution in [-0.4, -0.2) is 30.0 Å². The lowest BCUT2D eigenvalue weighted by Crippen LogP contribution is -2.25. The van der Waals surface area contributed by atoms with Gasteiger partial charge in [-0.2, -0.15) is 0 Å². The van der Waals surface area contributed by atoms with Gasteiger partial charge in [0.2, 0.25) is 5.78 Å². The van der Waals surface area contributed by atoms with Gasteiger partial charge in [-0.1, -0.05) is 48.5 Å². The second kappa shape index (κ2) is 9.65. The molecule has 0 aliphatic heterocycles. The summed E-state index contributed by atoms with van der Waals surface area (Å²) in [5, 5.41) is 0.972. The fourth-order valence-corrected chi connectivity index (χ4v) is 3.95. The molecule has 1 aromatic heterocycles. The molecule has 0 aliphatic carbocycles. The molecule has 4 rings (SSSR count). The van der Waals surface area contributed by atoms with Gasteiger partial charge in [0.1, 0.15) is 5.75 Å². The quantitative estimate of drug-likeness (QED) is 0.278. The average molecular weight is 440 g/mol. The Balaban J connectivity index is 1.61. The molecule has 0 saturated carbocycles. The Morgan fingerprint density at radius 2 is 1.58 bits per heavy atom. The molecular formula is C28H25NO4. The number of aromatic nitrogens is 1. The highest BCUT2D eigenvalue weighted by Crippen LogP contribution is 2.33. The fourth-order valence-electron chi connectivity index (χ4n) is 3.95. The maximum atomic E-state index is 12.9. The summed E-state index contributed by atoms with van der Waals surface area (Å²) in [5.41, 5.74) is 4.86. The molecule has 0 spiro atoms. The van der Waals surface area contributed by atoms with E-state index in [1.165, 1.54) is 0 Å². The third-order valence-corrected chi connectivity index (χ3v) is 5.64. The van der Waals surface area contributed by atoms with Crippen LogP contribution in [0.3, 0.4) is 0 Å². The van der Waals surface area contributed by atoms with Crippen molar-refractivity contribution in [3.63, 3.8) is 0 Å². The number of carbonyl (C=O) groups excluding carboxylic acids is 2. The topological polar surface area (TPSA) is 65.5 Å². The first kappa shape index (κ1) is 22.2. The highest BCUT2D eigenvalue weighted by molar-refractivity contribution is 6.01. The van der Waals surface area contributed by atoms with Crippen molar-refractivity contribution in [2.75, 3.05) is 7.11 Å². The molecule has 5 nitrogen and oxygen atoms in total. The molecule has 0 fully saturated rings. The van der Waals surface area contributed by atoms with Crippen molar-refractivity contribution in [2.24, 2.45) is 0 Å². The maximum absolute atomic E-state index is 12.9. The molecule has 4 aromatic rings. The van der Waals surface area contributed by atoms with E-state index in [4.69, 9.17) is 14.5 Å². The van der Waals surface area contributed by atoms with E-state index in [0.717, 1.165) is 33.3 Å². The highest BCUT2D eigenvalue weighted by Gasteiger charge is 2.22. The number of Topliss-reactive ketones (excluding diaryl/α,β-unsaturated/α-hetero) is 1. The number of carbonyl (C=O) groups is 2. The predicted molar refractivity (Wildman–Crippen MR) is 128 cm³/mol. The normalized spacial score (nSPS) is 11.7. The summed E-state index contributed by atoms with van der Waals surface area (Å²) in [6.07, 6.45) is -0.881. The van der Waals surface area contributed by atoms with Gasteiger partial charge in [-0.15, -0.1) is 0 Å². The van der Waals surface area contributed by atoms with Crippen molar-refractivity contribution >= 4 is 22.7 Å². The molecule has 33 heavy (non-hydrogen) atoms. The van der Waals surface area contributed by atoms with Crippen molar-refractivity contribution in [1.82, 2.24) is 4.98 Å². The predicted octanol–water partition coefficient (Wildman–Crippen LogP) is 5.58. The second-order valence-electron chi connectivity index (χ2n) is 7.84. The van der Waals surface area contributed by atoms with Crippen LogP contribution in [0.5, 0.6) is 5.75 Å². The number of nitrogens with zero attached hydrogens (tertiary/aromatic N) is 1. The zero-order chi connectivity index (χ0) is 23.4. The van der Waals surface area contributed by atoms with E-state index in [0.29, 0.717) is 11.3 Å². The summed E-state index contributed by atoms with van der Waals surface area (Å²) in [6.45, 7) is 3.49. The van der Waals surface area contributed by atoms with Crippen molar-refractivity contribution in [3.8, 4) is 16.9 Å². The molecular weight excluding hydrogens is 414 g/mol. The summed E-state index contributed by atoms with van der Waals surface area (Å²) >= 11 is 0. The lowest BCUT2D eigenvalue weighted by Gasteiger charge is -2.17. The molecule has 0 bridgehead atoms. The minimum Gasteiger partial charge on any atom is -0.497 e. The second-order valence-corrected chi connectivity index (χ2v) is 7.84. The zero-order valence-corrected chi connectivity index (χ0v) is 18.9. The number of methoxy groups -OCH3 is 1. The van der Waals surface area contributed by atoms with E-state index in [1.54, 1.807) is 38.3 Å². The Hall–Kier alpha value is -3.99. The summed E-state index contributed by atoms with van der Waals surface area (Å²) in [7, 11) is 1.56. The summed E-state index contributed by atoms with van der Waals surface area (Å²) in [4.78, 5) is 30.3. The number of ether oxygens (including phenoxy) is 2. The summed E-state index contributed by atoms with van der Waals surface area (Å²) in [6, 6.07) is 24.6. The van der Waals surface area contributed by atoms with E-state index in [9.17, 15) is 9.59 Å². The first-order chi connectivity index (χ1) is 16.0. The van der Waals surface area contributed by atoms with Gasteiger partial charge in [0.15, 0.2) is 6.10 Å². The molecule has 0 N–H and O–H groups in total. The molecule has 3 aromatic carbocycles. The Bertz CT molecular complexity index is 1300. The van der Waals surface area contributed by atoms with E-state index < -0.39 is 12.1 Å². The Labute approximate surface area is 193 Å². The molecule has 0 amide bonds. The van der Waals surface area contributed by atoms with Crippen molar-refractivity contribution in [1.29, 1.82) is 0 Å². The molecule has 1 heterocycles. The van der Waals surface area contributed by atoms with Crippen LogP contribution in [0.15, 0.2) is 78.9 Å². The fraction of sp³-hybridized carbons (Fsp3) is 0.179. The van der Waals surface area contributed by atoms with E-state index in [1.807, 2.05) is 61.5 Å². The smallest absolute Gasteiger partial charge is 0.311 e. The number of pyridine rings is 1. The molecule has 166 valence electrons. The zero-order valence-electron chi connectivity index (χ0n) is 18.9. The highest BCUT2D eigenvalue weighted by atomic mass is 16.5. The summed E-state index contributed by atoms with van der Waals surface area (Å²) in [5.74, 6) is -0.0757. The average Bonchev–Trinajstić information content (AvgIpc) is 2.84. The molecule has 5 heteroatoms. The van der Waals surface area contributed by atoms with Crippen LogP contribution in [0.1, 0.15) is 28.5 Å². The lowest BCUT2D eigenvalue weighted by molar-refractivity contribution is -0.145. The SMILES string of the molecule is COc1ccc(C(=O)C(C)OC(=O)Cc2c(C)nc3ccccc3c2-c2ccccc2)cc1. The number of fused-ring (bicyclic) bond motifs is 1. The van der Waals surface area contributed by atoms with Gasteiger partial charge in [0.05, 0.1) is 19.0 Å². The van der Waals surface area contributed by atoms with Crippen LogP contribution < -0.4 is 4.74 Å². The summed E-state index contributed by atoms with van der Waals surface area (Å²) < 4.78 is 10.7. The number of esters is 1. The monoisotopic (exact) mass is 439 g/mol. The van der Waals surface area contributed by atoms with Gasteiger partial charge in [-0.25, -0.2) is 0 Å². The van der Waals surface area contributed by atoms with Gasteiger partial charge >= 0.3 is 5.97 Å². The third-order valence-electron chi connectivity index (χ3n) is 5.64. The van der Waals surface area contributed by atoms with Gasteiger partial charge in [0, 0.05) is 16.6 Å². The Morgan fingerprint density at radius 3 is 2.27 bits per heavy atom. The number of hydrogen-bond donors (Lipinski definition) is 0. The minimum atomic E-state index is -0.903. The van der Waals surface area contributed by atoms with Crippen LogP contribution in [0.4, 0.5) is 0 Å². The molecule has 1 atom stereocenters. The standard InChI is InChI=1S/C28H25NO4/c1-18-24(17-26(30)33-19(2)28(31)21-13-15-22(32-3)16-14-21)27(20-9-5-4-6-10-20)23-11-7-8-12-25(23)29-18/h4-16,19H,17H2,1-3H3. The number of ketones is 1. The third kappa shape index (κ3) is 4.77. The van der Waals surface area contributed by atoms with E-state index >= 15 is 0 Å². The van der Waals surface area contributed by atoms with Gasteiger partial charge in [-0.3, -0.25) is 14.6 Å². The van der Waals surface area contributed by atoms with Crippen molar-refractivity contribution < 1.29 is 19.1 Å². The first-order valence-electron chi connectivity index (χ1n) is 10.8. The number of rotatable bonds is 7. The van der Waals surface area contributed by atoms with E-state index in [2.05, 4.69) is 0 Å². The van der Waals surface area contributed by atoms with Crippen LogP contribution in [0, 0.1) is 6.92 Å². The number of para-hydroxylation sites is 1. The molecule has 1 unspecified atom stereocenters. The maximum Gasteiger partial charge on any atom is 0.311 e. The molecule has 0 aliphatic rings. The van der Waals surface area contributed by atoms with Gasteiger partial charge < -0.3 is 9.47 Å². The van der Waals surface area contributed by atoms with Crippen LogP contribution >= 0.6 is 0 Å². The van der Waals surface area contributed by atoms with Gasteiger partial charge in [0.25, 0.3) is 0 Å². The lowest BCUT2D eigenvalue weighted by atomic mass is 9.92. The number of hydrogen-bond acceptors (Lipinski definition) is 5. The van der Waals surface area contributed by atoms with Crippen molar-refractivity contribution in [3.05, 3.63) is 95.7 Å². The molecule has 0 saturated heterocycles. The van der Waals surface area contributed by atoms with E-state index in [-0.39, 0.29) is 12.2 Å². The molecule has 0 radical (unpaired) electrons. The van der Waals surface area contributed by atoms with Crippen molar-refractivity contribution in [2.45, 2.75) is 26.4 Å². The first-order valence-corrected chi connectivity index (χ1v) is 10.8. The van der Waals surface area contributed by atoms with Crippen LogP contribution in [0.25, 0.3) is 22.0 Å². The van der Waals surface area contributed by atoms with Crippen LogP contribution in [-0.2, 0) is 16.0 Å².